The van der Waals surface area contributed by atoms with Crippen LogP contribution in [0, 0.1) is 24.3 Å². The average Bonchev–Trinajstić information content (AvgIpc) is 3.06. The van der Waals surface area contributed by atoms with Crippen LogP contribution in [0.1, 0.15) is 24.7 Å². The van der Waals surface area contributed by atoms with Gasteiger partial charge in [-0.1, -0.05) is 19.3 Å². The molecule has 0 spiro atoms. The Kier molecular flexibility index (Phi) is 5.47. The van der Waals surface area contributed by atoms with Crippen LogP contribution in [0.25, 0.3) is 11.2 Å². The summed E-state index contributed by atoms with van der Waals surface area (Å²) >= 11 is 0. The molecule has 0 bridgehead atoms. The molecule has 0 aliphatic rings. The average molecular weight is 392 g/mol. The van der Waals surface area contributed by atoms with Gasteiger partial charge in [-0.25, -0.2) is 9.78 Å². The number of aryl methyl sites for hydroxylation is 2. The van der Waals surface area contributed by atoms with E-state index in [-0.39, 0.29) is 11.2 Å². The summed E-state index contributed by atoms with van der Waals surface area (Å²) in [5.74, 6) is 7.44. The molecule has 0 saturated heterocycles. The minimum atomic E-state index is -0.589. The lowest BCUT2D eigenvalue weighted by Crippen LogP contribution is -2.38. The zero-order valence-corrected chi connectivity index (χ0v) is 16.6. The molecule has 1 aromatic carbocycles. The van der Waals surface area contributed by atoms with E-state index in [9.17, 15) is 9.59 Å². The number of methoxy groups -OCH3 is 2. The van der Waals surface area contributed by atoms with Crippen LogP contribution in [0.2, 0.25) is 0 Å². The molecule has 8 heteroatoms. The number of fused-ring (bicyclic) bond motifs is 1. The number of ether oxygens (including phenoxy) is 2. The SMILES string of the molecule is C#Cn1c(=O)c2c(nc(C#Cc3ccc(OC)c(OC)c3)n2C)n(CCC)c1=O. The van der Waals surface area contributed by atoms with Crippen molar-refractivity contribution in [3.63, 3.8) is 0 Å². The Morgan fingerprint density at radius 1 is 1.14 bits per heavy atom. The smallest absolute Gasteiger partial charge is 0.344 e. The number of terminal acetylenes is 1. The Bertz CT molecular complexity index is 1310. The van der Waals surface area contributed by atoms with E-state index in [0.717, 1.165) is 4.57 Å². The van der Waals surface area contributed by atoms with E-state index < -0.39 is 11.2 Å². The first kappa shape index (κ1) is 19.8. The molecule has 148 valence electrons. The van der Waals surface area contributed by atoms with E-state index in [1.807, 2.05) is 6.92 Å². The zero-order valence-electron chi connectivity index (χ0n) is 16.6. The molecule has 0 radical (unpaired) electrons. The lowest BCUT2D eigenvalue weighted by Gasteiger charge is -2.06. The van der Waals surface area contributed by atoms with Gasteiger partial charge in [0.15, 0.2) is 28.5 Å². The summed E-state index contributed by atoms with van der Waals surface area (Å²) < 4.78 is 14.2. The summed E-state index contributed by atoms with van der Waals surface area (Å²) in [5, 5.41) is 0. The van der Waals surface area contributed by atoms with E-state index in [0.29, 0.717) is 35.9 Å². The highest BCUT2D eigenvalue weighted by atomic mass is 16.5. The molecule has 0 unspecified atom stereocenters. The van der Waals surface area contributed by atoms with E-state index in [2.05, 4.69) is 22.9 Å². The van der Waals surface area contributed by atoms with Gasteiger partial charge in [-0.3, -0.25) is 9.36 Å². The first-order valence-electron chi connectivity index (χ1n) is 8.89. The van der Waals surface area contributed by atoms with Crippen molar-refractivity contribution >= 4 is 11.2 Å². The van der Waals surface area contributed by atoms with Crippen LogP contribution in [-0.4, -0.2) is 32.9 Å². The topological polar surface area (TPSA) is 80.3 Å². The fraction of sp³-hybridized carbons (Fsp3) is 0.286. The van der Waals surface area contributed by atoms with Gasteiger partial charge in [0, 0.05) is 25.2 Å². The monoisotopic (exact) mass is 392 g/mol. The third kappa shape index (κ3) is 3.37. The normalized spacial score (nSPS) is 10.3. The van der Waals surface area contributed by atoms with Gasteiger partial charge in [0.1, 0.15) is 0 Å². The second-order valence-electron chi connectivity index (χ2n) is 6.19. The fourth-order valence-corrected chi connectivity index (χ4v) is 3.01. The van der Waals surface area contributed by atoms with Gasteiger partial charge >= 0.3 is 5.69 Å². The molecule has 2 heterocycles. The van der Waals surface area contributed by atoms with Crippen molar-refractivity contribution in [3.8, 4) is 35.8 Å². The molecule has 29 heavy (non-hydrogen) atoms. The van der Waals surface area contributed by atoms with Crippen LogP contribution in [0.5, 0.6) is 11.5 Å². The lowest BCUT2D eigenvalue weighted by molar-refractivity contribution is 0.355. The highest BCUT2D eigenvalue weighted by Gasteiger charge is 2.18. The molecule has 0 aliphatic heterocycles. The highest BCUT2D eigenvalue weighted by Crippen LogP contribution is 2.27. The summed E-state index contributed by atoms with van der Waals surface area (Å²) in [5.41, 5.74) is 0.0140. The third-order valence-corrected chi connectivity index (χ3v) is 4.44. The molecule has 0 amide bonds. The first-order valence-corrected chi connectivity index (χ1v) is 8.89. The summed E-state index contributed by atoms with van der Waals surface area (Å²) in [4.78, 5) is 29.6. The van der Waals surface area contributed by atoms with Crippen molar-refractivity contribution in [1.29, 1.82) is 0 Å². The molecule has 2 aromatic heterocycles. The fourth-order valence-electron chi connectivity index (χ4n) is 3.01. The van der Waals surface area contributed by atoms with E-state index in [4.69, 9.17) is 15.9 Å². The molecule has 0 saturated carbocycles. The van der Waals surface area contributed by atoms with Gasteiger partial charge in [-0.15, -0.1) is 0 Å². The molecule has 0 N–H and O–H groups in total. The van der Waals surface area contributed by atoms with Crippen LogP contribution >= 0.6 is 0 Å². The van der Waals surface area contributed by atoms with Crippen LogP contribution < -0.4 is 20.7 Å². The predicted octanol–water partition coefficient (Wildman–Crippen LogP) is 1.16. The molecular weight excluding hydrogens is 372 g/mol. The van der Waals surface area contributed by atoms with Crippen LogP contribution in [-0.2, 0) is 13.6 Å². The first-order chi connectivity index (χ1) is 14.0. The van der Waals surface area contributed by atoms with Crippen molar-refractivity contribution in [1.82, 2.24) is 18.7 Å². The van der Waals surface area contributed by atoms with Crippen molar-refractivity contribution < 1.29 is 9.47 Å². The van der Waals surface area contributed by atoms with Crippen molar-refractivity contribution in [3.05, 3.63) is 50.4 Å². The number of aromatic nitrogens is 4. The Balaban J connectivity index is 2.20. The number of benzene rings is 1. The maximum Gasteiger partial charge on any atom is 0.344 e. The van der Waals surface area contributed by atoms with Gasteiger partial charge in [-0.05, 0) is 30.5 Å². The molecule has 3 aromatic rings. The van der Waals surface area contributed by atoms with E-state index in [1.54, 1.807) is 44.0 Å². The van der Waals surface area contributed by atoms with Crippen LogP contribution in [0.15, 0.2) is 27.8 Å². The van der Waals surface area contributed by atoms with E-state index in [1.165, 1.54) is 4.57 Å². The maximum atomic E-state index is 12.7. The Hall–Kier alpha value is -3.91. The Morgan fingerprint density at radius 2 is 1.86 bits per heavy atom. The lowest BCUT2D eigenvalue weighted by atomic mass is 10.2. The number of imidazole rings is 1. The summed E-state index contributed by atoms with van der Waals surface area (Å²) in [6.07, 6.45) is 6.05. The molecule has 0 fully saturated rings. The minimum absolute atomic E-state index is 0.229. The van der Waals surface area contributed by atoms with Gasteiger partial charge in [0.25, 0.3) is 5.56 Å². The third-order valence-electron chi connectivity index (χ3n) is 4.44. The molecule has 0 atom stereocenters. The van der Waals surface area contributed by atoms with Crippen LogP contribution in [0.3, 0.4) is 0 Å². The maximum absolute atomic E-state index is 12.7. The van der Waals surface area contributed by atoms with Crippen molar-refractivity contribution in [2.75, 3.05) is 14.2 Å². The van der Waals surface area contributed by atoms with Gasteiger partial charge in [-0.2, -0.15) is 4.57 Å². The zero-order chi connectivity index (χ0) is 21.1. The molecule has 3 rings (SSSR count). The number of nitrogens with zero attached hydrogens (tertiary/aromatic N) is 4. The summed E-state index contributed by atoms with van der Waals surface area (Å²) in [6.45, 7) is 2.31. The second-order valence-corrected chi connectivity index (χ2v) is 6.19. The number of rotatable bonds is 4. The highest BCUT2D eigenvalue weighted by molar-refractivity contribution is 5.72. The molecular formula is C21H20N4O4. The predicted molar refractivity (Wildman–Crippen MR) is 109 cm³/mol. The van der Waals surface area contributed by atoms with Crippen molar-refractivity contribution in [2.24, 2.45) is 7.05 Å². The minimum Gasteiger partial charge on any atom is -0.493 e. The van der Waals surface area contributed by atoms with Crippen LogP contribution in [0.4, 0.5) is 0 Å². The van der Waals surface area contributed by atoms with Crippen molar-refractivity contribution in [2.45, 2.75) is 19.9 Å². The van der Waals surface area contributed by atoms with Gasteiger partial charge in [0.2, 0.25) is 0 Å². The standard InChI is InChI=1S/C21H20N4O4/c1-6-12-25-19-18(20(26)24(7-2)21(25)27)23(3)17(22-19)11-9-14-8-10-15(28-4)16(13-14)29-5/h2,8,10,13H,6,12H2,1,3-5H3. The van der Waals surface area contributed by atoms with Gasteiger partial charge < -0.3 is 14.0 Å². The Morgan fingerprint density at radius 3 is 2.48 bits per heavy atom. The largest absolute Gasteiger partial charge is 0.493 e. The quantitative estimate of drug-likeness (QED) is 0.623. The number of hydrogen-bond acceptors (Lipinski definition) is 5. The van der Waals surface area contributed by atoms with Gasteiger partial charge in [0.05, 0.1) is 14.2 Å². The molecule has 8 nitrogen and oxygen atoms in total. The molecule has 0 aliphatic carbocycles. The number of hydrogen-bond donors (Lipinski definition) is 0. The Labute approximate surface area is 167 Å². The van der Waals surface area contributed by atoms with E-state index >= 15 is 0 Å². The summed E-state index contributed by atoms with van der Waals surface area (Å²) in [6, 6.07) is 7.42. The summed E-state index contributed by atoms with van der Waals surface area (Å²) in [7, 11) is 4.77. The second kappa shape index (κ2) is 7.99.